The van der Waals surface area contributed by atoms with Gasteiger partial charge in [-0.25, -0.2) is 0 Å². The molecule has 0 heteroatoms. The molecule has 0 amide bonds. The lowest BCUT2D eigenvalue weighted by Crippen LogP contribution is -1.85. The number of rotatable bonds is 3. The normalized spacial score (nSPS) is 9.68. The van der Waals surface area contributed by atoms with Crippen LogP contribution in [-0.4, -0.2) is 0 Å². The topological polar surface area (TPSA) is 0 Å². The minimum Gasteiger partial charge on any atom is -0.0654 e. The van der Waals surface area contributed by atoms with Gasteiger partial charge in [0.05, 0.1) is 0 Å². The zero-order valence-corrected chi connectivity index (χ0v) is 12.7. The van der Waals surface area contributed by atoms with Crippen LogP contribution in [0.15, 0.2) is 48.5 Å². The first-order valence-electron chi connectivity index (χ1n) is 7.32. The molecule has 102 valence electrons. The third-order valence-corrected chi connectivity index (χ3v) is 3.29. The molecule has 2 rings (SSSR count). The molecular formula is C19H26. The van der Waals surface area contributed by atoms with Gasteiger partial charge in [0.15, 0.2) is 0 Å². The van der Waals surface area contributed by atoms with Crippen molar-refractivity contribution in [1.82, 2.24) is 0 Å². The molecule has 19 heavy (non-hydrogen) atoms. The fraction of sp³-hybridized carbons (Fsp3) is 0.368. The SMILES string of the molecule is CCCCC.Cc1ccccc1-c1ccccc1C. The molecular weight excluding hydrogens is 228 g/mol. The summed E-state index contributed by atoms with van der Waals surface area (Å²) < 4.78 is 0. The van der Waals surface area contributed by atoms with Crippen LogP contribution in [0.1, 0.15) is 44.2 Å². The first kappa shape index (κ1) is 15.5. The Bertz CT molecular complexity index is 437. The standard InChI is InChI=1S/C14H14.C5H12/c1-11-7-3-5-9-13(11)14-10-6-4-8-12(14)2;1-3-5-4-2/h3-10H,1-2H3;3-5H2,1-2H3. The molecule has 2 aromatic carbocycles. The Morgan fingerprint density at radius 1 is 0.632 bits per heavy atom. The number of hydrogen-bond donors (Lipinski definition) is 0. The zero-order valence-electron chi connectivity index (χ0n) is 12.7. The smallest absolute Gasteiger partial charge is 0.0152 e. The molecule has 0 aromatic heterocycles. The van der Waals surface area contributed by atoms with Crippen LogP contribution < -0.4 is 0 Å². The summed E-state index contributed by atoms with van der Waals surface area (Å²) >= 11 is 0. The van der Waals surface area contributed by atoms with Crippen LogP contribution in [0.2, 0.25) is 0 Å². The highest BCUT2D eigenvalue weighted by molar-refractivity contribution is 5.70. The second-order valence-electron chi connectivity index (χ2n) is 4.98. The maximum atomic E-state index is 2.21. The van der Waals surface area contributed by atoms with Crippen molar-refractivity contribution in [3.05, 3.63) is 59.7 Å². The van der Waals surface area contributed by atoms with Crippen LogP contribution in [0.3, 0.4) is 0 Å². The molecule has 0 spiro atoms. The minimum absolute atomic E-state index is 1.34. The molecule has 0 aliphatic carbocycles. The van der Waals surface area contributed by atoms with Gasteiger partial charge in [-0.1, -0.05) is 81.6 Å². The van der Waals surface area contributed by atoms with Gasteiger partial charge < -0.3 is 0 Å². The van der Waals surface area contributed by atoms with E-state index in [4.69, 9.17) is 0 Å². The summed E-state index contributed by atoms with van der Waals surface area (Å²) in [6, 6.07) is 17.0. The highest BCUT2D eigenvalue weighted by Gasteiger charge is 2.02. The van der Waals surface area contributed by atoms with Gasteiger partial charge in [0, 0.05) is 0 Å². The van der Waals surface area contributed by atoms with Crippen molar-refractivity contribution in [3.8, 4) is 11.1 Å². The van der Waals surface area contributed by atoms with Gasteiger partial charge in [-0.15, -0.1) is 0 Å². The lowest BCUT2D eigenvalue weighted by atomic mass is 9.97. The molecule has 0 N–H and O–H groups in total. The molecule has 0 fully saturated rings. The first-order valence-corrected chi connectivity index (χ1v) is 7.32. The van der Waals surface area contributed by atoms with Crippen LogP contribution in [0.25, 0.3) is 11.1 Å². The molecule has 0 saturated heterocycles. The Hall–Kier alpha value is -1.56. The summed E-state index contributed by atoms with van der Waals surface area (Å²) in [7, 11) is 0. The second kappa shape index (κ2) is 8.53. The van der Waals surface area contributed by atoms with E-state index < -0.39 is 0 Å². The van der Waals surface area contributed by atoms with Crippen molar-refractivity contribution in [2.75, 3.05) is 0 Å². The maximum absolute atomic E-state index is 2.21. The van der Waals surface area contributed by atoms with E-state index in [1.54, 1.807) is 0 Å². The van der Waals surface area contributed by atoms with Crippen molar-refractivity contribution < 1.29 is 0 Å². The van der Waals surface area contributed by atoms with Gasteiger partial charge in [0.25, 0.3) is 0 Å². The van der Waals surface area contributed by atoms with Crippen LogP contribution in [-0.2, 0) is 0 Å². The Morgan fingerprint density at radius 2 is 1.00 bits per heavy atom. The Morgan fingerprint density at radius 3 is 1.26 bits per heavy atom. The molecule has 0 heterocycles. The molecule has 0 bridgehead atoms. The Kier molecular flexibility index (Phi) is 6.95. The Labute approximate surface area is 118 Å². The molecule has 0 nitrogen and oxygen atoms in total. The van der Waals surface area contributed by atoms with Crippen molar-refractivity contribution >= 4 is 0 Å². The number of benzene rings is 2. The minimum atomic E-state index is 1.34. The lowest BCUT2D eigenvalue weighted by molar-refractivity contribution is 0.772. The fourth-order valence-electron chi connectivity index (χ4n) is 2.10. The molecule has 0 saturated carbocycles. The van der Waals surface area contributed by atoms with Crippen molar-refractivity contribution in [2.45, 2.75) is 47.0 Å². The number of unbranched alkanes of at least 4 members (excludes halogenated alkanes) is 2. The van der Waals surface area contributed by atoms with Crippen LogP contribution >= 0.6 is 0 Å². The summed E-state index contributed by atoms with van der Waals surface area (Å²) in [5.41, 5.74) is 5.35. The average Bonchev–Trinajstić information content (AvgIpc) is 2.42. The molecule has 0 aliphatic heterocycles. The van der Waals surface area contributed by atoms with Gasteiger partial charge in [-0.2, -0.15) is 0 Å². The van der Waals surface area contributed by atoms with E-state index >= 15 is 0 Å². The lowest BCUT2D eigenvalue weighted by Gasteiger charge is -2.08. The molecule has 2 aromatic rings. The second-order valence-corrected chi connectivity index (χ2v) is 4.98. The van der Waals surface area contributed by atoms with E-state index in [-0.39, 0.29) is 0 Å². The van der Waals surface area contributed by atoms with Gasteiger partial charge >= 0.3 is 0 Å². The van der Waals surface area contributed by atoms with Crippen molar-refractivity contribution in [1.29, 1.82) is 0 Å². The number of hydrogen-bond acceptors (Lipinski definition) is 0. The van der Waals surface area contributed by atoms with E-state index in [0.717, 1.165) is 0 Å². The quantitative estimate of drug-likeness (QED) is 0.614. The van der Waals surface area contributed by atoms with Gasteiger partial charge in [0.1, 0.15) is 0 Å². The van der Waals surface area contributed by atoms with E-state index in [0.29, 0.717) is 0 Å². The fourth-order valence-corrected chi connectivity index (χ4v) is 2.10. The monoisotopic (exact) mass is 254 g/mol. The molecule has 0 radical (unpaired) electrons. The van der Waals surface area contributed by atoms with Crippen LogP contribution in [0.5, 0.6) is 0 Å². The summed E-state index contributed by atoms with van der Waals surface area (Å²) in [6.45, 7) is 8.73. The maximum Gasteiger partial charge on any atom is -0.0152 e. The predicted octanol–water partition coefficient (Wildman–Crippen LogP) is 6.17. The third-order valence-electron chi connectivity index (χ3n) is 3.29. The van der Waals surface area contributed by atoms with Crippen LogP contribution in [0, 0.1) is 13.8 Å². The predicted molar refractivity (Wildman–Crippen MR) is 86.6 cm³/mol. The highest BCUT2D eigenvalue weighted by Crippen LogP contribution is 2.25. The van der Waals surface area contributed by atoms with E-state index in [1.165, 1.54) is 41.5 Å². The van der Waals surface area contributed by atoms with Gasteiger partial charge in [-0.3, -0.25) is 0 Å². The summed E-state index contributed by atoms with van der Waals surface area (Å²) in [4.78, 5) is 0. The van der Waals surface area contributed by atoms with E-state index in [2.05, 4.69) is 76.2 Å². The highest BCUT2D eigenvalue weighted by atomic mass is 14.1. The van der Waals surface area contributed by atoms with E-state index in [1.807, 2.05) is 0 Å². The third kappa shape index (κ3) is 4.90. The first-order chi connectivity index (χ1) is 9.20. The largest absolute Gasteiger partial charge is 0.0654 e. The molecule has 0 atom stereocenters. The molecule has 0 aliphatic rings. The zero-order chi connectivity index (χ0) is 14.1. The van der Waals surface area contributed by atoms with Crippen molar-refractivity contribution in [2.24, 2.45) is 0 Å². The Balaban J connectivity index is 0.000000312. The van der Waals surface area contributed by atoms with Gasteiger partial charge in [-0.05, 0) is 36.1 Å². The summed E-state index contributed by atoms with van der Waals surface area (Å²) in [5.74, 6) is 0. The summed E-state index contributed by atoms with van der Waals surface area (Å²) in [6.07, 6.45) is 4.08. The average molecular weight is 254 g/mol. The molecule has 0 unspecified atom stereocenters. The van der Waals surface area contributed by atoms with E-state index in [9.17, 15) is 0 Å². The number of aryl methyl sites for hydroxylation is 2. The van der Waals surface area contributed by atoms with Gasteiger partial charge in [0.2, 0.25) is 0 Å². The summed E-state index contributed by atoms with van der Waals surface area (Å²) in [5, 5.41) is 0. The van der Waals surface area contributed by atoms with Crippen molar-refractivity contribution in [3.63, 3.8) is 0 Å². The van der Waals surface area contributed by atoms with Crippen LogP contribution in [0.4, 0.5) is 0 Å².